The lowest BCUT2D eigenvalue weighted by atomic mass is 10.5. The van der Waals surface area contributed by atoms with Crippen LogP contribution in [0.15, 0.2) is 17.2 Å². The molecule has 0 aliphatic carbocycles. The van der Waals surface area contributed by atoms with E-state index in [1.807, 2.05) is 0 Å². The summed E-state index contributed by atoms with van der Waals surface area (Å²) in [5, 5.41) is -0.214. The molecule has 0 radical (unpaired) electrons. The van der Waals surface area contributed by atoms with E-state index in [2.05, 4.69) is 4.98 Å². The second kappa shape index (κ2) is 3.18. The average molecular weight is 228 g/mol. The second-order valence-corrected chi connectivity index (χ2v) is 4.10. The van der Waals surface area contributed by atoms with E-state index in [4.69, 9.17) is 27.8 Å². The van der Waals surface area contributed by atoms with Gasteiger partial charge in [0.15, 0.2) is 0 Å². The minimum Gasteiger partial charge on any atom is -0.282 e. The Labute approximate surface area is 78.9 Å². The third-order valence-electron chi connectivity index (χ3n) is 1.05. The maximum atomic E-state index is 10.6. The Morgan fingerprint density at radius 3 is 2.42 bits per heavy atom. The van der Waals surface area contributed by atoms with Gasteiger partial charge in [0.25, 0.3) is 10.1 Å². The quantitative estimate of drug-likeness (QED) is 0.585. The van der Waals surface area contributed by atoms with Gasteiger partial charge in [-0.25, -0.2) is 4.98 Å². The Morgan fingerprint density at radius 1 is 1.42 bits per heavy atom. The molecule has 0 spiro atoms. The van der Waals surface area contributed by atoms with Gasteiger partial charge in [-0.2, -0.15) is 8.42 Å². The van der Waals surface area contributed by atoms with Crippen molar-refractivity contribution in [1.82, 2.24) is 4.98 Å². The van der Waals surface area contributed by atoms with Crippen LogP contribution in [0.5, 0.6) is 0 Å². The fourth-order valence-corrected chi connectivity index (χ4v) is 1.74. The van der Waals surface area contributed by atoms with Crippen molar-refractivity contribution >= 4 is 33.3 Å². The summed E-state index contributed by atoms with van der Waals surface area (Å²) >= 11 is 10.8. The van der Waals surface area contributed by atoms with Gasteiger partial charge >= 0.3 is 0 Å². The Hall–Kier alpha value is -0.360. The van der Waals surface area contributed by atoms with Gasteiger partial charge in [0, 0.05) is 6.20 Å². The molecule has 0 unspecified atom stereocenters. The molecule has 1 N–H and O–H groups in total. The highest BCUT2D eigenvalue weighted by atomic mass is 35.5. The predicted molar refractivity (Wildman–Crippen MR) is 44.1 cm³/mol. The minimum absolute atomic E-state index is 0.0898. The molecule has 4 nitrogen and oxygen atoms in total. The van der Waals surface area contributed by atoms with Gasteiger partial charge in [-0.3, -0.25) is 4.55 Å². The van der Waals surface area contributed by atoms with Crippen LogP contribution in [0.25, 0.3) is 0 Å². The molecule has 0 amide bonds. The van der Waals surface area contributed by atoms with Crippen LogP contribution in [0.2, 0.25) is 10.2 Å². The summed E-state index contributed by atoms with van der Waals surface area (Å²) in [5.74, 6) is 0. The standard InChI is InChI=1S/C5H3Cl2NO3S/c6-3-1-4(12(9,10)11)5(7)8-2-3/h1-2H,(H,9,10,11). The normalized spacial score (nSPS) is 11.6. The lowest BCUT2D eigenvalue weighted by molar-refractivity contribution is 0.483. The van der Waals surface area contributed by atoms with Crippen LogP contribution in [0.4, 0.5) is 0 Å². The molecule has 12 heavy (non-hydrogen) atoms. The zero-order chi connectivity index (χ0) is 9.35. The molecular formula is C5H3Cl2NO3S. The molecule has 7 heteroatoms. The van der Waals surface area contributed by atoms with Crippen LogP contribution in [0, 0.1) is 0 Å². The first-order valence-electron chi connectivity index (χ1n) is 2.70. The summed E-state index contributed by atoms with van der Waals surface area (Å²) in [5.41, 5.74) is 0. The summed E-state index contributed by atoms with van der Waals surface area (Å²) < 4.78 is 29.7. The van der Waals surface area contributed by atoms with E-state index in [-0.39, 0.29) is 10.2 Å². The first-order valence-corrected chi connectivity index (χ1v) is 4.89. The van der Waals surface area contributed by atoms with Gasteiger partial charge in [0.2, 0.25) is 0 Å². The number of hydrogen-bond donors (Lipinski definition) is 1. The van der Waals surface area contributed by atoms with Gasteiger partial charge in [0.05, 0.1) is 5.02 Å². The zero-order valence-corrected chi connectivity index (χ0v) is 7.86. The highest BCUT2D eigenvalue weighted by Crippen LogP contribution is 2.21. The third-order valence-corrected chi connectivity index (χ3v) is 2.54. The molecule has 0 aliphatic rings. The van der Waals surface area contributed by atoms with Crippen molar-refractivity contribution in [2.24, 2.45) is 0 Å². The van der Waals surface area contributed by atoms with E-state index in [0.29, 0.717) is 0 Å². The van der Waals surface area contributed by atoms with Gasteiger partial charge in [-0.1, -0.05) is 23.2 Å². The Bertz CT molecular complexity index is 403. The van der Waals surface area contributed by atoms with Crippen molar-refractivity contribution in [2.75, 3.05) is 0 Å². The average Bonchev–Trinajstić information content (AvgIpc) is 1.92. The van der Waals surface area contributed by atoms with E-state index in [1.54, 1.807) is 0 Å². The summed E-state index contributed by atoms with van der Waals surface area (Å²) in [6.07, 6.45) is 1.18. The number of nitrogens with zero attached hydrogens (tertiary/aromatic N) is 1. The molecule has 1 rings (SSSR count). The van der Waals surface area contributed by atoms with Crippen LogP contribution >= 0.6 is 23.2 Å². The van der Waals surface area contributed by atoms with Crippen molar-refractivity contribution in [2.45, 2.75) is 4.90 Å². The van der Waals surface area contributed by atoms with Crippen molar-refractivity contribution in [3.63, 3.8) is 0 Å². The largest absolute Gasteiger partial charge is 0.297 e. The van der Waals surface area contributed by atoms with Crippen LogP contribution in [0.1, 0.15) is 0 Å². The van der Waals surface area contributed by atoms with Crippen LogP contribution in [0.3, 0.4) is 0 Å². The van der Waals surface area contributed by atoms with E-state index >= 15 is 0 Å². The van der Waals surface area contributed by atoms with Crippen LogP contribution in [-0.2, 0) is 10.1 Å². The SMILES string of the molecule is O=S(=O)(O)c1cc(Cl)cnc1Cl. The summed E-state index contributed by atoms with van der Waals surface area (Å²) in [6.45, 7) is 0. The predicted octanol–water partition coefficient (Wildman–Crippen LogP) is 1.64. The first kappa shape index (κ1) is 9.73. The number of pyridine rings is 1. The van der Waals surface area contributed by atoms with Gasteiger partial charge in [-0.05, 0) is 6.07 Å². The van der Waals surface area contributed by atoms with Crippen molar-refractivity contribution in [3.8, 4) is 0 Å². The molecule has 66 valence electrons. The zero-order valence-electron chi connectivity index (χ0n) is 5.53. The Balaban J connectivity index is 3.43. The van der Waals surface area contributed by atoms with E-state index < -0.39 is 15.0 Å². The van der Waals surface area contributed by atoms with E-state index in [9.17, 15) is 8.42 Å². The molecule has 0 atom stereocenters. The van der Waals surface area contributed by atoms with Gasteiger partial charge in [-0.15, -0.1) is 0 Å². The molecule has 0 saturated carbocycles. The second-order valence-electron chi connectivity index (χ2n) is 1.92. The summed E-state index contributed by atoms with van der Waals surface area (Å²) in [6, 6.07) is 1.02. The topological polar surface area (TPSA) is 67.3 Å². The number of rotatable bonds is 1. The van der Waals surface area contributed by atoms with Crippen molar-refractivity contribution in [1.29, 1.82) is 0 Å². The Morgan fingerprint density at radius 2 is 2.00 bits per heavy atom. The highest BCUT2D eigenvalue weighted by molar-refractivity contribution is 7.86. The lowest BCUT2D eigenvalue weighted by Gasteiger charge is -1.98. The minimum atomic E-state index is -4.33. The fourth-order valence-electron chi connectivity index (χ4n) is 0.585. The molecular weight excluding hydrogens is 225 g/mol. The molecule has 1 aromatic heterocycles. The monoisotopic (exact) mass is 227 g/mol. The Kier molecular flexibility index (Phi) is 2.58. The third kappa shape index (κ3) is 2.07. The summed E-state index contributed by atoms with van der Waals surface area (Å²) in [7, 11) is -4.33. The first-order chi connectivity index (χ1) is 5.41. The smallest absolute Gasteiger partial charge is 0.282 e. The van der Waals surface area contributed by atoms with Gasteiger partial charge < -0.3 is 0 Å². The maximum Gasteiger partial charge on any atom is 0.297 e. The highest BCUT2D eigenvalue weighted by Gasteiger charge is 2.15. The number of halogens is 2. The maximum absolute atomic E-state index is 10.6. The number of aromatic nitrogens is 1. The molecule has 0 fully saturated rings. The van der Waals surface area contributed by atoms with Crippen molar-refractivity contribution < 1.29 is 13.0 Å². The molecule has 0 aliphatic heterocycles. The molecule has 1 heterocycles. The number of hydrogen-bond acceptors (Lipinski definition) is 3. The van der Waals surface area contributed by atoms with E-state index in [1.165, 1.54) is 6.20 Å². The van der Waals surface area contributed by atoms with Crippen LogP contribution < -0.4 is 0 Å². The molecule has 1 aromatic rings. The fraction of sp³-hybridized carbons (Fsp3) is 0. The van der Waals surface area contributed by atoms with E-state index in [0.717, 1.165) is 6.07 Å². The van der Waals surface area contributed by atoms with Crippen molar-refractivity contribution in [3.05, 3.63) is 22.4 Å². The molecule has 0 aromatic carbocycles. The molecule has 0 bridgehead atoms. The van der Waals surface area contributed by atoms with Crippen LogP contribution in [-0.4, -0.2) is 18.0 Å². The lowest BCUT2D eigenvalue weighted by Crippen LogP contribution is -1.99. The molecule has 0 saturated heterocycles. The summed E-state index contributed by atoms with van der Waals surface area (Å²) in [4.78, 5) is 2.95. The van der Waals surface area contributed by atoms with Gasteiger partial charge in [0.1, 0.15) is 10.0 Å².